The number of nitrogens with zero attached hydrogens (tertiary/aromatic N) is 1. The number of hydrogen-bond acceptors (Lipinski definition) is 5. The number of halogens is 1. The number of aliphatic hydroxyl groups excluding tert-OH is 1. The number of aromatic nitrogens is 1. The van der Waals surface area contributed by atoms with E-state index in [1.165, 1.54) is 24.4 Å². The van der Waals surface area contributed by atoms with Gasteiger partial charge < -0.3 is 9.63 Å². The fourth-order valence-corrected chi connectivity index (χ4v) is 2.97. The first-order valence-corrected chi connectivity index (χ1v) is 7.20. The fourth-order valence-electron chi connectivity index (χ4n) is 1.40. The van der Waals surface area contributed by atoms with E-state index in [9.17, 15) is 8.42 Å². The van der Waals surface area contributed by atoms with E-state index in [-0.39, 0.29) is 22.2 Å². The standard InChI is InChI=1S/C12H9ClN2O4S/c13-11-6-9(2-1-5-16)3-4-12(11)20(17,18)15-10-7-14-19-8-10/h3-4,6-8,15-16H,5H2. The monoisotopic (exact) mass is 312 g/mol. The summed E-state index contributed by atoms with van der Waals surface area (Å²) < 4.78 is 31.0. The van der Waals surface area contributed by atoms with Gasteiger partial charge in [0.15, 0.2) is 0 Å². The molecule has 0 saturated heterocycles. The van der Waals surface area contributed by atoms with Gasteiger partial charge in [-0.05, 0) is 18.2 Å². The molecule has 1 aromatic heterocycles. The molecule has 2 aromatic rings. The van der Waals surface area contributed by atoms with Crippen LogP contribution < -0.4 is 4.72 Å². The van der Waals surface area contributed by atoms with Crippen LogP contribution in [0.3, 0.4) is 0 Å². The topological polar surface area (TPSA) is 92.4 Å². The number of aliphatic hydroxyl groups is 1. The molecule has 2 N–H and O–H groups in total. The fraction of sp³-hybridized carbons (Fsp3) is 0.0833. The summed E-state index contributed by atoms with van der Waals surface area (Å²) in [5.74, 6) is 5.08. The lowest BCUT2D eigenvalue weighted by Crippen LogP contribution is -2.13. The van der Waals surface area contributed by atoms with Crippen molar-refractivity contribution in [2.45, 2.75) is 4.90 Å². The molecule has 0 saturated carbocycles. The number of nitrogens with one attached hydrogen (secondary N) is 1. The third kappa shape index (κ3) is 3.30. The second kappa shape index (κ2) is 5.96. The van der Waals surface area contributed by atoms with E-state index >= 15 is 0 Å². The minimum absolute atomic E-state index is 0.0266. The number of hydrogen-bond donors (Lipinski definition) is 2. The van der Waals surface area contributed by atoms with Crippen molar-refractivity contribution in [1.29, 1.82) is 0 Å². The van der Waals surface area contributed by atoms with Crippen molar-refractivity contribution < 1.29 is 18.0 Å². The summed E-state index contributed by atoms with van der Waals surface area (Å²) in [7, 11) is -3.83. The Morgan fingerprint density at radius 1 is 1.45 bits per heavy atom. The van der Waals surface area contributed by atoms with Gasteiger partial charge in [-0.1, -0.05) is 28.6 Å². The maximum Gasteiger partial charge on any atom is 0.263 e. The molecule has 20 heavy (non-hydrogen) atoms. The molecule has 0 aliphatic rings. The molecule has 8 heteroatoms. The average Bonchev–Trinajstić information content (AvgIpc) is 2.88. The van der Waals surface area contributed by atoms with Crippen LogP contribution in [0.15, 0.2) is 40.1 Å². The molecule has 0 aliphatic heterocycles. The molecule has 1 heterocycles. The Hall–Kier alpha value is -2.01. The summed E-state index contributed by atoms with van der Waals surface area (Å²) in [6.45, 7) is -0.285. The first-order valence-electron chi connectivity index (χ1n) is 5.34. The molecule has 0 radical (unpaired) electrons. The van der Waals surface area contributed by atoms with Gasteiger partial charge in [0, 0.05) is 5.56 Å². The van der Waals surface area contributed by atoms with Crippen molar-refractivity contribution in [3.05, 3.63) is 41.2 Å². The summed E-state index contributed by atoms with van der Waals surface area (Å²) in [5, 5.41) is 12.0. The minimum atomic E-state index is -3.83. The van der Waals surface area contributed by atoms with E-state index < -0.39 is 10.0 Å². The van der Waals surface area contributed by atoms with Crippen molar-refractivity contribution >= 4 is 27.3 Å². The second-order valence-electron chi connectivity index (χ2n) is 3.62. The number of rotatable bonds is 3. The van der Waals surface area contributed by atoms with Gasteiger partial charge in [0.2, 0.25) is 0 Å². The second-order valence-corrected chi connectivity index (χ2v) is 5.68. The zero-order valence-electron chi connectivity index (χ0n) is 10.00. The smallest absolute Gasteiger partial charge is 0.263 e. The van der Waals surface area contributed by atoms with Crippen LogP contribution in [0.1, 0.15) is 5.56 Å². The van der Waals surface area contributed by atoms with E-state index in [4.69, 9.17) is 16.7 Å². The quantitative estimate of drug-likeness (QED) is 0.837. The molecular formula is C12H9ClN2O4S. The Morgan fingerprint density at radius 3 is 2.85 bits per heavy atom. The summed E-state index contributed by atoms with van der Waals surface area (Å²) in [4.78, 5) is -0.0880. The molecule has 0 fully saturated rings. The average molecular weight is 313 g/mol. The normalized spacial score (nSPS) is 10.7. The van der Waals surface area contributed by atoms with E-state index in [2.05, 4.69) is 26.2 Å². The number of sulfonamides is 1. The zero-order valence-corrected chi connectivity index (χ0v) is 11.6. The molecule has 0 spiro atoms. The Balaban J connectivity index is 2.33. The first kappa shape index (κ1) is 14.4. The zero-order chi connectivity index (χ0) is 14.6. The molecule has 0 bridgehead atoms. The summed E-state index contributed by atoms with van der Waals surface area (Å²) in [5.41, 5.74) is 0.707. The Morgan fingerprint density at radius 2 is 2.25 bits per heavy atom. The molecule has 2 rings (SSSR count). The molecule has 0 amide bonds. The van der Waals surface area contributed by atoms with Crippen LogP contribution in [-0.4, -0.2) is 25.3 Å². The molecule has 0 unspecified atom stereocenters. The highest BCUT2D eigenvalue weighted by molar-refractivity contribution is 7.92. The van der Waals surface area contributed by atoms with Gasteiger partial charge in [0.25, 0.3) is 10.0 Å². The summed E-state index contributed by atoms with van der Waals surface area (Å²) >= 11 is 5.94. The molecule has 104 valence electrons. The van der Waals surface area contributed by atoms with E-state index in [0.29, 0.717) is 5.56 Å². The van der Waals surface area contributed by atoms with Crippen LogP contribution in [0.5, 0.6) is 0 Å². The SMILES string of the molecule is O=S(=O)(Nc1cnoc1)c1ccc(C#CCO)cc1Cl. The summed E-state index contributed by atoms with van der Waals surface area (Å²) in [6.07, 6.45) is 2.39. The van der Waals surface area contributed by atoms with Gasteiger partial charge >= 0.3 is 0 Å². The third-order valence-corrected chi connectivity index (χ3v) is 4.08. The molecule has 0 aliphatic carbocycles. The predicted molar refractivity (Wildman–Crippen MR) is 72.7 cm³/mol. The van der Waals surface area contributed by atoms with Crippen LogP contribution in [0.25, 0.3) is 0 Å². The van der Waals surface area contributed by atoms with Crippen LogP contribution in [-0.2, 0) is 10.0 Å². The predicted octanol–water partition coefficient (Wildman–Crippen LogP) is 1.47. The third-order valence-electron chi connectivity index (χ3n) is 2.22. The number of benzene rings is 1. The van der Waals surface area contributed by atoms with E-state index in [1.54, 1.807) is 0 Å². The highest BCUT2D eigenvalue weighted by Crippen LogP contribution is 2.24. The Labute approximate surface area is 120 Å². The van der Waals surface area contributed by atoms with Crippen molar-refractivity contribution in [2.75, 3.05) is 11.3 Å². The van der Waals surface area contributed by atoms with Gasteiger partial charge in [0.1, 0.15) is 23.5 Å². The van der Waals surface area contributed by atoms with Crippen LogP contribution in [0.2, 0.25) is 5.02 Å². The van der Waals surface area contributed by atoms with Gasteiger partial charge in [-0.25, -0.2) is 8.42 Å². The lowest BCUT2D eigenvalue weighted by atomic mass is 10.2. The molecular weight excluding hydrogens is 304 g/mol. The molecule has 1 aromatic carbocycles. The van der Waals surface area contributed by atoms with Crippen LogP contribution in [0.4, 0.5) is 5.69 Å². The minimum Gasteiger partial charge on any atom is -0.384 e. The lowest BCUT2D eigenvalue weighted by Gasteiger charge is -2.07. The molecule has 0 atom stereocenters. The number of anilines is 1. The van der Waals surface area contributed by atoms with Crippen molar-refractivity contribution in [3.63, 3.8) is 0 Å². The first-order chi connectivity index (χ1) is 9.53. The van der Waals surface area contributed by atoms with Gasteiger partial charge in [-0.15, -0.1) is 0 Å². The highest BCUT2D eigenvalue weighted by atomic mass is 35.5. The maximum absolute atomic E-state index is 12.1. The van der Waals surface area contributed by atoms with Crippen molar-refractivity contribution in [3.8, 4) is 11.8 Å². The molecule has 6 nitrogen and oxygen atoms in total. The van der Waals surface area contributed by atoms with Crippen molar-refractivity contribution in [2.24, 2.45) is 0 Å². The maximum atomic E-state index is 12.1. The lowest BCUT2D eigenvalue weighted by molar-refractivity contribution is 0.350. The summed E-state index contributed by atoms with van der Waals surface area (Å²) in [6, 6.07) is 4.24. The largest absolute Gasteiger partial charge is 0.384 e. The van der Waals surface area contributed by atoms with E-state index in [1.807, 2.05) is 0 Å². The highest BCUT2D eigenvalue weighted by Gasteiger charge is 2.18. The Bertz CT molecular complexity index is 760. The van der Waals surface area contributed by atoms with Gasteiger partial charge in [-0.3, -0.25) is 4.72 Å². The van der Waals surface area contributed by atoms with Gasteiger partial charge in [-0.2, -0.15) is 0 Å². The van der Waals surface area contributed by atoms with Gasteiger partial charge in [0.05, 0.1) is 11.2 Å². The van der Waals surface area contributed by atoms with E-state index in [0.717, 1.165) is 6.26 Å². The Kier molecular flexibility index (Phi) is 4.29. The van der Waals surface area contributed by atoms with Crippen LogP contribution >= 0.6 is 11.6 Å². The van der Waals surface area contributed by atoms with Crippen LogP contribution in [0, 0.1) is 11.8 Å². The van der Waals surface area contributed by atoms with Crippen molar-refractivity contribution in [1.82, 2.24) is 5.16 Å².